The molecule has 3 saturated heterocycles. The number of ether oxygens (including phenoxy) is 1. The minimum Gasteiger partial charge on any atom is -0.450 e. The summed E-state index contributed by atoms with van der Waals surface area (Å²) >= 11 is 6.30. The summed E-state index contributed by atoms with van der Waals surface area (Å²) < 4.78 is 5.10. The van der Waals surface area contributed by atoms with Gasteiger partial charge in [-0.1, -0.05) is 41.9 Å². The third kappa shape index (κ3) is 8.30. The van der Waals surface area contributed by atoms with Crippen LogP contribution >= 0.6 is 11.6 Å². The SMILES string of the molecule is Cc1cc(CC(CC(=O)N2CCC(N3Cc4ccccc4NC3=O)CC2)C(=O)N2CCC(N3CCN(C)C(OC(=O)O)C3)CC2)ccc1Cl. The van der Waals surface area contributed by atoms with E-state index in [9.17, 15) is 19.2 Å². The second-order valence-electron chi connectivity index (χ2n) is 13.9. The molecule has 12 nitrogen and oxygen atoms in total. The Labute approximate surface area is 292 Å². The van der Waals surface area contributed by atoms with Crippen LogP contribution < -0.4 is 5.32 Å². The average Bonchev–Trinajstić information content (AvgIpc) is 3.10. The zero-order valence-corrected chi connectivity index (χ0v) is 29.1. The minimum atomic E-state index is -1.28. The van der Waals surface area contributed by atoms with Gasteiger partial charge in [0.15, 0.2) is 6.23 Å². The lowest BCUT2D eigenvalue weighted by Crippen LogP contribution is -2.58. The molecule has 2 atom stereocenters. The zero-order chi connectivity index (χ0) is 34.7. The zero-order valence-electron chi connectivity index (χ0n) is 28.4. The number of nitrogens with zero attached hydrogens (tertiary/aromatic N) is 5. The molecule has 0 bridgehead atoms. The highest BCUT2D eigenvalue weighted by Gasteiger charge is 2.37. The summed E-state index contributed by atoms with van der Waals surface area (Å²) in [4.78, 5) is 61.8. The highest BCUT2D eigenvalue weighted by Crippen LogP contribution is 2.29. The van der Waals surface area contributed by atoms with Crippen molar-refractivity contribution in [3.8, 4) is 0 Å². The van der Waals surface area contributed by atoms with Gasteiger partial charge in [-0.3, -0.25) is 19.4 Å². The van der Waals surface area contributed by atoms with Crippen LogP contribution in [-0.4, -0.2) is 125 Å². The minimum absolute atomic E-state index is 0.0107. The molecule has 13 heteroatoms. The second-order valence-corrected chi connectivity index (χ2v) is 14.3. The van der Waals surface area contributed by atoms with E-state index >= 15 is 0 Å². The van der Waals surface area contributed by atoms with Crippen LogP contribution in [-0.2, 0) is 27.3 Å². The van der Waals surface area contributed by atoms with Crippen molar-refractivity contribution in [2.45, 2.75) is 70.3 Å². The Bertz CT molecular complexity index is 1540. The first-order valence-corrected chi connectivity index (χ1v) is 17.7. The fraction of sp³-hybridized carbons (Fsp3) is 0.556. The Hall–Kier alpha value is -3.87. The van der Waals surface area contributed by atoms with E-state index in [1.165, 1.54) is 0 Å². The molecule has 3 fully saturated rings. The van der Waals surface area contributed by atoms with Crippen LogP contribution in [0.25, 0.3) is 0 Å². The number of amides is 4. The number of likely N-dealkylation sites (N-methyl/N-ethyl adjacent to an activating group) is 1. The maximum Gasteiger partial charge on any atom is 0.507 e. The van der Waals surface area contributed by atoms with E-state index in [1.54, 1.807) is 0 Å². The molecule has 264 valence electrons. The van der Waals surface area contributed by atoms with Crippen molar-refractivity contribution in [3.05, 3.63) is 64.2 Å². The van der Waals surface area contributed by atoms with Gasteiger partial charge in [-0.15, -0.1) is 0 Å². The van der Waals surface area contributed by atoms with E-state index in [0.29, 0.717) is 70.1 Å². The predicted octanol–water partition coefficient (Wildman–Crippen LogP) is 4.50. The van der Waals surface area contributed by atoms with Crippen LogP contribution in [0.5, 0.6) is 0 Å². The van der Waals surface area contributed by atoms with Gasteiger partial charge in [-0.05, 0) is 74.9 Å². The van der Waals surface area contributed by atoms with Crippen molar-refractivity contribution in [1.82, 2.24) is 24.5 Å². The Morgan fingerprint density at radius 1 is 0.959 bits per heavy atom. The van der Waals surface area contributed by atoms with Crippen molar-refractivity contribution in [2.75, 3.05) is 58.2 Å². The Kier molecular flexibility index (Phi) is 11.0. The lowest BCUT2D eigenvalue weighted by Gasteiger charge is -2.45. The smallest absolute Gasteiger partial charge is 0.450 e. The number of rotatable bonds is 8. The van der Waals surface area contributed by atoms with Crippen LogP contribution in [0.15, 0.2) is 42.5 Å². The number of likely N-dealkylation sites (tertiary alicyclic amines) is 2. The molecule has 6 rings (SSSR count). The molecule has 0 aromatic heterocycles. The number of para-hydroxylation sites is 1. The fourth-order valence-corrected chi connectivity index (χ4v) is 7.91. The van der Waals surface area contributed by atoms with Gasteiger partial charge in [0.2, 0.25) is 11.8 Å². The Morgan fingerprint density at radius 3 is 2.37 bits per heavy atom. The van der Waals surface area contributed by atoms with E-state index in [1.807, 2.05) is 76.0 Å². The van der Waals surface area contributed by atoms with Crippen LogP contribution in [0.2, 0.25) is 5.02 Å². The van der Waals surface area contributed by atoms with Crippen molar-refractivity contribution in [1.29, 1.82) is 0 Å². The summed E-state index contributed by atoms with van der Waals surface area (Å²) in [5.41, 5.74) is 3.84. The lowest BCUT2D eigenvalue weighted by atomic mass is 9.91. The van der Waals surface area contributed by atoms with Crippen LogP contribution in [0.3, 0.4) is 0 Å². The molecular weight excluding hydrogens is 648 g/mol. The summed E-state index contributed by atoms with van der Waals surface area (Å²) in [5.74, 6) is -0.556. The molecule has 2 unspecified atom stereocenters. The quantitative estimate of drug-likeness (QED) is 0.387. The first-order chi connectivity index (χ1) is 23.5. The van der Waals surface area contributed by atoms with Gasteiger partial charge >= 0.3 is 12.2 Å². The molecule has 0 spiro atoms. The van der Waals surface area contributed by atoms with E-state index in [2.05, 4.69) is 10.2 Å². The molecule has 4 aliphatic rings. The van der Waals surface area contributed by atoms with E-state index < -0.39 is 18.3 Å². The van der Waals surface area contributed by atoms with Gasteiger partial charge < -0.3 is 29.9 Å². The summed E-state index contributed by atoms with van der Waals surface area (Å²) in [7, 11) is 1.87. The van der Waals surface area contributed by atoms with Gasteiger partial charge in [0.05, 0.1) is 5.92 Å². The molecule has 4 amide bonds. The van der Waals surface area contributed by atoms with E-state index in [0.717, 1.165) is 41.8 Å². The normalized spacial score (nSPS) is 22.0. The number of carboxylic acid groups (broad SMARTS) is 1. The number of halogens is 1. The lowest BCUT2D eigenvalue weighted by molar-refractivity contribution is -0.143. The highest BCUT2D eigenvalue weighted by molar-refractivity contribution is 6.31. The number of piperidine rings is 2. The molecule has 0 saturated carbocycles. The number of carbonyl (C=O) groups is 4. The van der Waals surface area contributed by atoms with Gasteiger partial charge in [-0.25, -0.2) is 9.59 Å². The summed E-state index contributed by atoms with van der Waals surface area (Å²) in [6.45, 7) is 6.76. The number of carbonyl (C=O) groups excluding carboxylic acids is 3. The number of anilines is 1. The maximum absolute atomic E-state index is 14.1. The number of hydrogen-bond acceptors (Lipinski definition) is 7. The van der Waals surface area contributed by atoms with E-state index in [4.69, 9.17) is 21.4 Å². The standard InChI is InChI=1S/C36H47ClN6O6/c1-24-19-25(7-8-30(24)37)20-27(34(45)41-15-9-28(10-16-41)42-18-17-39(2)33(23-42)49-36(47)48)21-32(44)40-13-11-29(12-14-40)43-22-26-5-3-4-6-31(26)38-35(43)46/h3-8,19,27-29,33H,9-18,20-23H2,1-2H3,(H,38,46)(H,47,48). The number of nitrogens with one attached hydrogen (secondary N) is 1. The second kappa shape index (κ2) is 15.3. The fourth-order valence-electron chi connectivity index (χ4n) is 7.80. The number of fused-ring (bicyclic) bond motifs is 1. The van der Waals surface area contributed by atoms with Crippen molar-refractivity contribution in [2.24, 2.45) is 5.92 Å². The third-order valence-electron chi connectivity index (χ3n) is 10.7. The molecule has 4 aliphatic heterocycles. The van der Waals surface area contributed by atoms with Gasteiger partial charge in [0.25, 0.3) is 0 Å². The monoisotopic (exact) mass is 694 g/mol. The van der Waals surface area contributed by atoms with Gasteiger partial charge in [-0.2, -0.15) is 0 Å². The number of aryl methyl sites for hydroxylation is 1. The third-order valence-corrected chi connectivity index (χ3v) is 11.2. The number of urea groups is 1. The summed E-state index contributed by atoms with van der Waals surface area (Å²) in [5, 5.41) is 12.8. The molecule has 0 aliphatic carbocycles. The summed E-state index contributed by atoms with van der Waals surface area (Å²) in [6, 6.07) is 13.8. The van der Waals surface area contributed by atoms with E-state index in [-0.39, 0.29) is 36.3 Å². The van der Waals surface area contributed by atoms with Crippen LogP contribution in [0.1, 0.15) is 48.8 Å². The average molecular weight is 695 g/mol. The molecule has 49 heavy (non-hydrogen) atoms. The van der Waals surface area contributed by atoms with Crippen LogP contribution in [0.4, 0.5) is 15.3 Å². The molecule has 0 radical (unpaired) electrons. The highest BCUT2D eigenvalue weighted by atomic mass is 35.5. The Morgan fingerprint density at radius 2 is 1.65 bits per heavy atom. The first-order valence-electron chi connectivity index (χ1n) is 17.4. The molecular formula is C36H47ClN6O6. The maximum atomic E-state index is 14.1. The van der Waals surface area contributed by atoms with Gasteiger partial charge in [0, 0.05) is 81.6 Å². The number of benzene rings is 2. The number of piperazine rings is 1. The van der Waals surface area contributed by atoms with Crippen molar-refractivity contribution >= 4 is 41.3 Å². The van der Waals surface area contributed by atoms with Crippen molar-refractivity contribution in [3.63, 3.8) is 0 Å². The topological polar surface area (TPSA) is 126 Å². The largest absolute Gasteiger partial charge is 0.507 e. The van der Waals surface area contributed by atoms with Crippen LogP contribution in [0, 0.1) is 12.8 Å². The Balaban J connectivity index is 1.07. The summed E-state index contributed by atoms with van der Waals surface area (Å²) in [6.07, 6.45) is 1.70. The molecule has 2 aromatic rings. The molecule has 2 N–H and O–H groups in total. The van der Waals surface area contributed by atoms with Gasteiger partial charge in [0.1, 0.15) is 0 Å². The predicted molar refractivity (Wildman–Crippen MR) is 185 cm³/mol. The first kappa shape index (κ1) is 35.0. The number of hydrogen-bond donors (Lipinski definition) is 2. The molecule has 4 heterocycles. The van der Waals surface area contributed by atoms with Crippen molar-refractivity contribution < 1.29 is 29.0 Å². The molecule has 2 aromatic carbocycles.